The lowest BCUT2D eigenvalue weighted by Gasteiger charge is -1.93. The summed E-state index contributed by atoms with van der Waals surface area (Å²) < 4.78 is 0. The predicted octanol–water partition coefficient (Wildman–Crippen LogP) is 2.55. The fraction of sp³-hybridized carbons (Fsp3) is 0.200. The van der Waals surface area contributed by atoms with Gasteiger partial charge in [-0.1, -0.05) is 0 Å². The van der Waals surface area contributed by atoms with E-state index in [1.165, 1.54) is 0 Å². The van der Waals surface area contributed by atoms with E-state index in [0.29, 0.717) is 6.54 Å². The molecule has 2 aromatic heterocycles. The molecule has 0 unspecified atom stereocenters. The first-order chi connectivity index (χ1) is 6.90. The predicted molar refractivity (Wildman–Crippen MR) is 72.6 cm³/mol. The van der Waals surface area contributed by atoms with E-state index in [2.05, 4.69) is 15.3 Å². The fourth-order valence-corrected chi connectivity index (χ4v) is 2.04. The Balaban J connectivity index is 0.00000112. The molecule has 3 nitrogen and oxygen atoms in total. The highest BCUT2D eigenvalue weighted by Gasteiger charge is 2.03. The summed E-state index contributed by atoms with van der Waals surface area (Å²) in [7, 11) is 0. The smallest absolute Gasteiger partial charge is 0.125 e. The third-order valence-electron chi connectivity index (χ3n) is 1.86. The van der Waals surface area contributed by atoms with E-state index in [0.717, 1.165) is 22.7 Å². The molecule has 0 aliphatic carbocycles. The van der Waals surface area contributed by atoms with Crippen LogP contribution in [0.25, 0.3) is 10.6 Å². The van der Waals surface area contributed by atoms with Crippen LogP contribution < -0.4 is 5.73 Å². The highest BCUT2D eigenvalue weighted by atomic mass is 35.5. The summed E-state index contributed by atoms with van der Waals surface area (Å²) in [5, 5.41) is 3.07. The van der Waals surface area contributed by atoms with E-state index in [-0.39, 0.29) is 24.8 Å². The molecular weight excluding hydrogens is 265 g/mol. The number of pyridine rings is 1. The molecule has 0 atom stereocenters. The molecule has 0 radical (unpaired) electrons. The van der Waals surface area contributed by atoms with E-state index >= 15 is 0 Å². The van der Waals surface area contributed by atoms with Crippen molar-refractivity contribution in [3.63, 3.8) is 0 Å². The molecule has 0 aliphatic rings. The number of hydrogen-bond donors (Lipinski definition) is 1. The minimum Gasteiger partial charge on any atom is -0.330 e. The van der Waals surface area contributed by atoms with Crippen LogP contribution >= 0.6 is 36.2 Å². The van der Waals surface area contributed by atoms with Crippen molar-refractivity contribution in [2.75, 3.05) is 6.54 Å². The van der Waals surface area contributed by atoms with Crippen molar-refractivity contribution in [1.29, 1.82) is 0 Å². The first kappa shape index (κ1) is 15.3. The summed E-state index contributed by atoms with van der Waals surface area (Å²) in [6.45, 7) is 0.649. The van der Waals surface area contributed by atoms with Gasteiger partial charge in [-0.3, -0.25) is 4.98 Å². The number of rotatable bonds is 3. The van der Waals surface area contributed by atoms with Crippen LogP contribution in [0, 0.1) is 0 Å². The first-order valence-corrected chi connectivity index (χ1v) is 5.33. The summed E-state index contributed by atoms with van der Waals surface area (Å²) in [5.74, 6) is 0. The zero-order valence-electron chi connectivity index (χ0n) is 8.50. The van der Waals surface area contributed by atoms with E-state index in [4.69, 9.17) is 5.73 Å². The first-order valence-electron chi connectivity index (χ1n) is 4.45. The van der Waals surface area contributed by atoms with Gasteiger partial charge in [0.15, 0.2) is 0 Å². The van der Waals surface area contributed by atoms with Crippen molar-refractivity contribution >= 4 is 36.2 Å². The normalized spacial score (nSPS) is 9.06. The molecule has 2 N–H and O–H groups in total. The number of hydrogen-bond acceptors (Lipinski definition) is 4. The molecule has 88 valence electrons. The Morgan fingerprint density at radius 3 is 2.75 bits per heavy atom. The molecule has 0 saturated heterocycles. The summed E-state index contributed by atoms with van der Waals surface area (Å²) in [6.07, 6.45) is 4.43. The van der Waals surface area contributed by atoms with E-state index < -0.39 is 0 Å². The maximum absolute atomic E-state index is 5.46. The second kappa shape index (κ2) is 7.57. The zero-order chi connectivity index (χ0) is 9.80. The number of nitrogens with zero attached hydrogens (tertiary/aromatic N) is 2. The summed E-state index contributed by atoms with van der Waals surface area (Å²) in [4.78, 5) is 8.53. The molecule has 0 aliphatic heterocycles. The van der Waals surface area contributed by atoms with E-state index in [9.17, 15) is 0 Å². The third-order valence-corrected chi connectivity index (χ3v) is 2.80. The van der Waals surface area contributed by atoms with Crippen LogP contribution in [0.1, 0.15) is 5.69 Å². The summed E-state index contributed by atoms with van der Waals surface area (Å²) in [6, 6.07) is 3.93. The highest BCUT2D eigenvalue weighted by molar-refractivity contribution is 7.13. The second-order valence-corrected chi connectivity index (χ2v) is 3.78. The summed E-state index contributed by atoms with van der Waals surface area (Å²) >= 11 is 1.64. The van der Waals surface area contributed by atoms with Crippen molar-refractivity contribution in [2.24, 2.45) is 5.73 Å². The van der Waals surface area contributed by atoms with Gasteiger partial charge in [0.2, 0.25) is 0 Å². The lowest BCUT2D eigenvalue weighted by molar-refractivity contribution is 0.936. The number of thiazole rings is 1. The molecule has 0 spiro atoms. The van der Waals surface area contributed by atoms with E-state index in [1.54, 1.807) is 17.5 Å². The van der Waals surface area contributed by atoms with Crippen LogP contribution in [0.2, 0.25) is 0 Å². The Kier molecular flexibility index (Phi) is 7.25. The number of aromatic nitrogens is 2. The van der Waals surface area contributed by atoms with Crippen LogP contribution in [0.5, 0.6) is 0 Å². The lowest BCUT2D eigenvalue weighted by Crippen LogP contribution is -2.02. The monoisotopic (exact) mass is 277 g/mol. The minimum atomic E-state index is 0. The van der Waals surface area contributed by atoms with Gasteiger partial charge in [0.05, 0.1) is 5.69 Å². The molecule has 0 fully saturated rings. The molecule has 6 heteroatoms. The van der Waals surface area contributed by atoms with Gasteiger partial charge in [-0.2, -0.15) is 0 Å². The lowest BCUT2D eigenvalue weighted by atomic mass is 10.3. The molecule has 2 heterocycles. The molecule has 16 heavy (non-hydrogen) atoms. The van der Waals surface area contributed by atoms with Crippen LogP contribution in [0.15, 0.2) is 29.9 Å². The maximum atomic E-state index is 5.46. The number of halogens is 2. The van der Waals surface area contributed by atoms with Crippen molar-refractivity contribution in [2.45, 2.75) is 6.42 Å². The van der Waals surface area contributed by atoms with Gasteiger partial charge in [-0.05, 0) is 18.7 Å². The molecule has 2 aromatic rings. The topological polar surface area (TPSA) is 51.8 Å². The fourth-order valence-electron chi connectivity index (χ4n) is 1.19. The van der Waals surface area contributed by atoms with Gasteiger partial charge >= 0.3 is 0 Å². The van der Waals surface area contributed by atoms with Gasteiger partial charge in [0, 0.05) is 29.8 Å². The van der Waals surface area contributed by atoms with Crippen molar-refractivity contribution in [1.82, 2.24) is 9.97 Å². The van der Waals surface area contributed by atoms with E-state index in [1.807, 2.05) is 18.3 Å². The van der Waals surface area contributed by atoms with Gasteiger partial charge in [0.25, 0.3) is 0 Å². The Morgan fingerprint density at radius 1 is 1.31 bits per heavy atom. The van der Waals surface area contributed by atoms with Gasteiger partial charge < -0.3 is 5.73 Å². The third kappa shape index (κ3) is 3.72. The number of nitrogens with two attached hydrogens (primary N) is 1. The van der Waals surface area contributed by atoms with Gasteiger partial charge in [0.1, 0.15) is 5.01 Å². The average Bonchev–Trinajstić information content (AvgIpc) is 2.68. The standard InChI is InChI=1S/C10H11N3S.2ClH/c11-4-3-9-7-14-10(13-9)8-2-1-5-12-6-8;;/h1-2,5-7H,3-4,11H2;2*1H. The molecule has 0 saturated carbocycles. The van der Waals surface area contributed by atoms with Crippen LogP contribution in [0.3, 0.4) is 0 Å². The van der Waals surface area contributed by atoms with Crippen LogP contribution in [0.4, 0.5) is 0 Å². The Morgan fingerprint density at radius 2 is 2.12 bits per heavy atom. The van der Waals surface area contributed by atoms with Gasteiger partial charge in [-0.15, -0.1) is 36.2 Å². The maximum Gasteiger partial charge on any atom is 0.125 e. The summed E-state index contributed by atoms with van der Waals surface area (Å²) in [5.41, 5.74) is 7.60. The average molecular weight is 278 g/mol. The highest BCUT2D eigenvalue weighted by Crippen LogP contribution is 2.22. The van der Waals surface area contributed by atoms with Crippen molar-refractivity contribution in [3.05, 3.63) is 35.6 Å². The molecule has 0 aromatic carbocycles. The van der Waals surface area contributed by atoms with Crippen LogP contribution in [-0.2, 0) is 6.42 Å². The SMILES string of the molecule is Cl.Cl.NCCc1csc(-c2cccnc2)n1. The second-order valence-electron chi connectivity index (χ2n) is 2.92. The quantitative estimate of drug-likeness (QED) is 0.938. The van der Waals surface area contributed by atoms with Crippen molar-refractivity contribution < 1.29 is 0 Å². The Labute approximate surface area is 111 Å². The Bertz CT molecular complexity index is 405. The van der Waals surface area contributed by atoms with Crippen LogP contribution in [-0.4, -0.2) is 16.5 Å². The zero-order valence-corrected chi connectivity index (χ0v) is 10.9. The largest absolute Gasteiger partial charge is 0.330 e. The van der Waals surface area contributed by atoms with Gasteiger partial charge in [-0.25, -0.2) is 4.98 Å². The molecule has 0 bridgehead atoms. The van der Waals surface area contributed by atoms with Crippen molar-refractivity contribution in [3.8, 4) is 10.6 Å². The molecule has 0 amide bonds. The molecular formula is C10H13Cl2N3S. The Hall–Kier alpha value is -0.680. The minimum absolute atomic E-state index is 0. The molecule has 2 rings (SSSR count).